The summed E-state index contributed by atoms with van der Waals surface area (Å²) >= 11 is 0. The van der Waals surface area contributed by atoms with E-state index < -0.39 is 0 Å². The van der Waals surface area contributed by atoms with Crippen molar-refractivity contribution in [3.63, 3.8) is 0 Å². The van der Waals surface area contributed by atoms with Gasteiger partial charge in [0.2, 0.25) is 0 Å². The molecule has 0 aliphatic carbocycles. The topological polar surface area (TPSA) is 65.7 Å². The number of guanidine groups is 1. The number of rotatable bonds is 8. The molecule has 2 N–H and O–H groups in total. The van der Waals surface area contributed by atoms with Crippen molar-refractivity contribution in [2.75, 3.05) is 20.1 Å². The van der Waals surface area contributed by atoms with E-state index in [9.17, 15) is 0 Å². The predicted octanol–water partition coefficient (Wildman–Crippen LogP) is 3.90. The Balaban J connectivity index is 1.48. The zero-order valence-electron chi connectivity index (χ0n) is 19.0. The Morgan fingerprint density at radius 3 is 2.53 bits per heavy atom. The number of aliphatic imine (C=N–C) groups is 1. The summed E-state index contributed by atoms with van der Waals surface area (Å²) in [7, 11) is 1.80. The number of hydrogen-bond acceptors (Lipinski definition) is 4. The zero-order valence-corrected chi connectivity index (χ0v) is 19.0. The van der Waals surface area contributed by atoms with Gasteiger partial charge in [-0.25, -0.2) is 0 Å². The van der Waals surface area contributed by atoms with Crippen LogP contribution in [0, 0.1) is 5.92 Å². The molecule has 2 heterocycles. The van der Waals surface area contributed by atoms with E-state index in [2.05, 4.69) is 70.7 Å². The molecule has 1 unspecified atom stereocenters. The van der Waals surface area contributed by atoms with Gasteiger partial charge in [0.25, 0.3) is 0 Å². The first-order valence-electron chi connectivity index (χ1n) is 11.3. The highest BCUT2D eigenvalue weighted by molar-refractivity contribution is 5.79. The Kier molecular flexibility index (Phi) is 8.31. The van der Waals surface area contributed by atoms with Crippen molar-refractivity contribution in [2.45, 2.75) is 66.1 Å². The lowest BCUT2D eigenvalue weighted by molar-refractivity contribution is 0.176. The van der Waals surface area contributed by atoms with Gasteiger partial charge < -0.3 is 15.2 Å². The molecule has 0 radical (unpaired) electrons. The average molecular weight is 412 g/mol. The van der Waals surface area contributed by atoms with Gasteiger partial charge in [0.05, 0.1) is 5.69 Å². The standard InChI is InChI=1S/C24H37N5O/c1-5-22-21(23(6-2)30-28-22)15-27-24(25-4)26-14-19-9-11-20(12-10-19)17-29-13-7-8-18(3)16-29/h9-12,18H,5-8,13-17H2,1-4H3,(H2,25,26,27). The van der Waals surface area contributed by atoms with Crippen LogP contribution in [0.2, 0.25) is 0 Å². The Morgan fingerprint density at radius 1 is 1.13 bits per heavy atom. The number of piperidine rings is 1. The molecule has 1 aliphatic rings. The van der Waals surface area contributed by atoms with Crippen molar-refractivity contribution in [2.24, 2.45) is 10.9 Å². The maximum atomic E-state index is 5.45. The molecule has 6 nitrogen and oxygen atoms in total. The Bertz CT molecular complexity index is 790. The first-order chi connectivity index (χ1) is 14.6. The van der Waals surface area contributed by atoms with Crippen LogP contribution in [0.5, 0.6) is 0 Å². The second-order valence-electron chi connectivity index (χ2n) is 8.32. The predicted molar refractivity (Wildman–Crippen MR) is 122 cm³/mol. The molecule has 0 spiro atoms. The third-order valence-corrected chi connectivity index (χ3v) is 5.89. The van der Waals surface area contributed by atoms with Crippen molar-refractivity contribution in [3.05, 3.63) is 52.4 Å². The largest absolute Gasteiger partial charge is 0.361 e. The minimum Gasteiger partial charge on any atom is -0.361 e. The van der Waals surface area contributed by atoms with Crippen LogP contribution in [-0.2, 0) is 32.5 Å². The second-order valence-corrected chi connectivity index (χ2v) is 8.32. The monoisotopic (exact) mass is 411 g/mol. The van der Waals surface area contributed by atoms with Gasteiger partial charge in [0.1, 0.15) is 5.76 Å². The molecule has 6 heteroatoms. The fourth-order valence-electron chi connectivity index (χ4n) is 4.17. The molecule has 0 amide bonds. The maximum Gasteiger partial charge on any atom is 0.191 e. The van der Waals surface area contributed by atoms with Crippen LogP contribution in [0.3, 0.4) is 0 Å². The molecule has 0 saturated carbocycles. The molecule has 2 aromatic rings. The summed E-state index contributed by atoms with van der Waals surface area (Å²) in [6.45, 7) is 11.5. The summed E-state index contributed by atoms with van der Waals surface area (Å²) < 4.78 is 5.45. The van der Waals surface area contributed by atoms with E-state index in [1.54, 1.807) is 7.05 Å². The highest BCUT2D eigenvalue weighted by atomic mass is 16.5. The summed E-state index contributed by atoms with van der Waals surface area (Å²) in [5, 5.41) is 11.0. The molecular weight excluding hydrogens is 374 g/mol. The van der Waals surface area contributed by atoms with Gasteiger partial charge in [0, 0.05) is 45.2 Å². The molecular formula is C24H37N5O. The van der Waals surface area contributed by atoms with Crippen LogP contribution in [-0.4, -0.2) is 36.2 Å². The van der Waals surface area contributed by atoms with Crippen molar-refractivity contribution < 1.29 is 4.52 Å². The third-order valence-electron chi connectivity index (χ3n) is 5.89. The number of nitrogens with zero attached hydrogens (tertiary/aromatic N) is 3. The van der Waals surface area contributed by atoms with Crippen LogP contribution >= 0.6 is 0 Å². The van der Waals surface area contributed by atoms with Crippen molar-refractivity contribution in [1.82, 2.24) is 20.7 Å². The van der Waals surface area contributed by atoms with Crippen LogP contribution in [0.4, 0.5) is 0 Å². The zero-order chi connectivity index (χ0) is 21.3. The van der Waals surface area contributed by atoms with E-state index in [1.807, 2.05) is 0 Å². The number of aromatic nitrogens is 1. The lowest BCUT2D eigenvalue weighted by Gasteiger charge is -2.30. The molecule has 1 aromatic heterocycles. The number of hydrogen-bond donors (Lipinski definition) is 2. The van der Waals surface area contributed by atoms with Crippen LogP contribution < -0.4 is 10.6 Å². The molecule has 1 atom stereocenters. The van der Waals surface area contributed by atoms with Gasteiger partial charge in [0.15, 0.2) is 5.96 Å². The summed E-state index contributed by atoms with van der Waals surface area (Å²) in [5.74, 6) is 2.56. The molecule has 1 aliphatic heterocycles. The van der Waals surface area contributed by atoms with Gasteiger partial charge >= 0.3 is 0 Å². The van der Waals surface area contributed by atoms with Gasteiger partial charge in [-0.3, -0.25) is 9.89 Å². The Morgan fingerprint density at radius 2 is 1.87 bits per heavy atom. The maximum absolute atomic E-state index is 5.45. The first-order valence-corrected chi connectivity index (χ1v) is 11.3. The molecule has 164 valence electrons. The fraction of sp³-hybridized carbons (Fsp3) is 0.583. The van der Waals surface area contributed by atoms with E-state index in [0.717, 1.165) is 54.8 Å². The van der Waals surface area contributed by atoms with E-state index >= 15 is 0 Å². The van der Waals surface area contributed by atoms with E-state index in [0.29, 0.717) is 6.54 Å². The molecule has 1 saturated heterocycles. The Labute approximate surface area is 181 Å². The fourth-order valence-corrected chi connectivity index (χ4v) is 4.17. The third kappa shape index (κ3) is 6.08. The van der Waals surface area contributed by atoms with Gasteiger partial charge in [-0.2, -0.15) is 0 Å². The second kappa shape index (κ2) is 11.2. The lowest BCUT2D eigenvalue weighted by atomic mass is 9.99. The number of aryl methyl sites for hydroxylation is 2. The van der Waals surface area contributed by atoms with Crippen molar-refractivity contribution >= 4 is 5.96 Å². The quantitative estimate of drug-likeness (QED) is 0.509. The Hall–Kier alpha value is -2.34. The molecule has 1 fully saturated rings. The SMILES string of the molecule is CCc1noc(CC)c1CNC(=NC)NCc1ccc(CN2CCCC(C)C2)cc1. The molecule has 30 heavy (non-hydrogen) atoms. The highest BCUT2D eigenvalue weighted by Crippen LogP contribution is 2.18. The van der Waals surface area contributed by atoms with Gasteiger partial charge in [-0.15, -0.1) is 0 Å². The van der Waals surface area contributed by atoms with Crippen LogP contribution in [0.1, 0.15) is 61.8 Å². The van der Waals surface area contributed by atoms with Gasteiger partial charge in [-0.1, -0.05) is 50.2 Å². The normalized spacial score (nSPS) is 17.9. The number of nitrogens with one attached hydrogen (secondary N) is 2. The van der Waals surface area contributed by atoms with Crippen LogP contribution in [0.15, 0.2) is 33.8 Å². The molecule has 3 rings (SSSR count). The summed E-state index contributed by atoms with van der Waals surface area (Å²) in [6, 6.07) is 8.94. The highest BCUT2D eigenvalue weighted by Gasteiger charge is 2.16. The first kappa shape index (κ1) is 22.3. The average Bonchev–Trinajstić information content (AvgIpc) is 3.17. The van der Waals surface area contributed by atoms with E-state index in [1.165, 1.54) is 37.1 Å². The summed E-state index contributed by atoms with van der Waals surface area (Å²) in [5.41, 5.74) is 4.82. The summed E-state index contributed by atoms with van der Waals surface area (Å²) in [4.78, 5) is 6.93. The van der Waals surface area contributed by atoms with E-state index in [4.69, 9.17) is 4.52 Å². The van der Waals surface area contributed by atoms with Gasteiger partial charge in [-0.05, 0) is 42.9 Å². The van der Waals surface area contributed by atoms with Crippen molar-refractivity contribution in [3.8, 4) is 0 Å². The van der Waals surface area contributed by atoms with Crippen LogP contribution in [0.25, 0.3) is 0 Å². The van der Waals surface area contributed by atoms with Crippen molar-refractivity contribution in [1.29, 1.82) is 0 Å². The molecule has 0 bridgehead atoms. The minimum atomic E-state index is 0.669. The summed E-state index contributed by atoms with van der Waals surface area (Å²) in [6.07, 6.45) is 4.41. The minimum absolute atomic E-state index is 0.669. The lowest BCUT2D eigenvalue weighted by Crippen LogP contribution is -2.36. The smallest absolute Gasteiger partial charge is 0.191 e. The number of likely N-dealkylation sites (tertiary alicyclic amines) is 1. The molecule has 1 aromatic carbocycles. The van der Waals surface area contributed by atoms with E-state index in [-0.39, 0.29) is 0 Å². The number of benzene rings is 1.